The van der Waals surface area contributed by atoms with Gasteiger partial charge in [-0.25, -0.2) is 4.98 Å². The van der Waals surface area contributed by atoms with E-state index in [4.69, 9.17) is 4.74 Å². The molecule has 0 bridgehead atoms. The number of Topliss-reactive ketones (excluding diaryl/α,β-unsaturated/α-hetero) is 1. The van der Waals surface area contributed by atoms with Gasteiger partial charge in [0.05, 0.1) is 17.0 Å². The molecule has 2 heterocycles. The number of hydrogen-bond donors (Lipinski definition) is 3. The van der Waals surface area contributed by atoms with Gasteiger partial charge < -0.3 is 15.4 Å². The quantitative estimate of drug-likeness (QED) is 0.579. The number of hydrogen-bond acceptors (Lipinski definition) is 7. The number of carbonyl (C=O) groups is 2. The number of rotatable bonds is 6. The topological polar surface area (TPSA) is 80.3 Å². The van der Waals surface area contributed by atoms with Gasteiger partial charge in [-0.3, -0.25) is 9.59 Å². The highest BCUT2D eigenvalue weighted by Gasteiger charge is 2.25. The molecule has 0 spiro atoms. The van der Waals surface area contributed by atoms with Gasteiger partial charge in [0.1, 0.15) is 11.5 Å². The molecule has 0 aliphatic carbocycles. The number of nitrogens with one attached hydrogen (secondary N) is 2. The first-order valence-electron chi connectivity index (χ1n) is 10.4. The molecule has 2 aromatic rings. The summed E-state index contributed by atoms with van der Waals surface area (Å²) < 4.78 is 5.67. The first kappa shape index (κ1) is 22.8. The Hall–Kier alpha value is -1.90. The van der Waals surface area contributed by atoms with Crippen LogP contribution in [0.25, 0.3) is 10.4 Å². The van der Waals surface area contributed by atoms with Crippen molar-refractivity contribution in [3.05, 3.63) is 30.5 Å². The highest BCUT2D eigenvalue weighted by molar-refractivity contribution is 7.80. The number of benzene rings is 1. The van der Waals surface area contributed by atoms with Crippen molar-refractivity contribution < 1.29 is 14.3 Å². The predicted octanol–water partition coefficient (Wildman–Crippen LogP) is 4.18. The molecule has 2 atom stereocenters. The molecular weight excluding hydrogens is 418 g/mol. The molecule has 1 aromatic carbocycles. The normalized spacial score (nSPS) is 20.3. The number of thiazole rings is 1. The summed E-state index contributed by atoms with van der Waals surface area (Å²) in [6.07, 6.45) is 4.45. The van der Waals surface area contributed by atoms with Crippen LogP contribution in [0.2, 0.25) is 0 Å². The van der Waals surface area contributed by atoms with E-state index in [-0.39, 0.29) is 23.7 Å². The number of nitrogens with zero attached hydrogens (tertiary/aromatic N) is 1. The Bertz CT molecular complexity index is 852. The van der Waals surface area contributed by atoms with E-state index in [0.29, 0.717) is 30.3 Å². The fourth-order valence-corrected chi connectivity index (χ4v) is 4.63. The molecule has 6 nitrogen and oxygen atoms in total. The molecule has 2 unspecified atom stereocenters. The van der Waals surface area contributed by atoms with Gasteiger partial charge in [-0.1, -0.05) is 11.3 Å². The third kappa shape index (κ3) is 6.30. The first-order chi connectivity index (χ1) is 14.5. The van der Waals surface area contributed by atoms with E-state index >= 15 is 0 Å². The van der Waals surface area contributed by atoms with Gasteiger partial charge in [-0.05, 0) is 75.2 Å². The number of carbonyl (C=O) groups excluding carboxylic acids is 2. The Kier molecular flexibility index (Phi) is 8.30. The summed E-state index contributed by atoms with van der Waals surface area (Å²) in [6.45, 7) is 4.70. The Morgan fingerprint density at radius 3 is 2.80 bits per heavy atom. The summed E-state index contributed by atoms with van der Waals surface area (Å²) in [5.41, 5.74) is 1.02. The van der Waals surface area contributed by atoms with E-state index in [1.807, 2.05) is 38.1 Å². The van der Waals surface area contributed by atoms with Crippen LogP contribution in [0.15, 0.2) is 30.5 Å². The second-order valence-electron chi connectivity index (χ2n) is 7.74. The van der Waals surface area contributed by atoms with Gasteiger partial charge in [0.2, 0.25) is 5.91 Å². The van der Waals surface area contributed by atoms with E-state index in [2.05, 4.69) is 28.2 Å². The monoisotopic (exact) mass is 447 g/mol. The summed E-state index contributed by atoms with van der Waals surface area (Å²) in [6, 6.07) is 7.45. The lowest BCUT2D eigenvalue weighted by molar-refractivity contribution is -0.122. The molecule has 30 heavy (non-hydrogen) atoms. The largest absolute Gasteiger partial charge is 0.491 e. The minimum absolute atomic E-state index is 0.00390. The summed E-state index contributed by atoms with van der Waals surface area (Å²) in [5.74, 6) is 1.45. The van der Waals surface area contributed by atoms with Gasteiger partial charge in [0.15, 0.2) is 5.13 Å². The van der Waals surface area contributed by atoms with Crippen LogP contribution in [0.5, 0.6) is 5.75 Å². The van der Waals surface area contributed by atoms with Crippen molar-refractivity contribution in [2.75, 3.05) is 17.6 Å². The van der Waals surface area contributed by atoms with Gasteiger partial charge in [0.25, 0.3) is 0 Å². The van der Waals surface area contributed by atoms with E-state index in [1.54, 1.807) is 6.20 Å². The van der Waals surface area contributed by atoms with Crippen LogP contribution in [-0.2, 0) is 9.59 Å². The maximum Gasteiger partial charge on any atom is 0.243 e. The standard InChI is InChI=1S/C22H29N3O3S2/c1-14(2)28-17-7-5-15(6-8-17)20-12-24-22(30-20)25-21(27)18-9-10-19(26)16(13-29)4-3-11-23-18/h5-8,12,14,16,18,23,29H,3-4,9-11,13H2,1-2H3,(H,24,25,27). The average Bonchev–Trinajstić information content (AvgIpc) is 3.20. The fraction of sp³-hybridized carbons (Fsp3) is 0.500. The molecule has 1 fully saturated rings. The van der Waals surface area contributed by atoms with Gasteiger partial charge in [-0.2, -0.15) is 12.6 Å². The zero-order valence-corrected chi connectivity index (χ0v) is 19.1. The minimum Gasteiger partial charge on any atom is -0.491 e. The number of ether oxygens (including phenoxy) is 1. The summed E-state index contributed by atoms with van der Waals surface area (Å²) in [5, 5.41) is 6.74. The highest BCUT2D eigenvalue weighted by atomic mass is 32.1. The van der Waals surface area contributed by atoms with Gasteiger partial charge in [-0.15, -0.1) is 0 Å². The van der Waals surface area contributed by atoms with Crippen molar-refractivity contribution in [3.8, 4) is 16.2 Å². The molecule has 1 aliphatic heterocycles. The molecule has 0 radical (unpaired) electrons. The van der Waals surface area contributed by atoms with Crippen LogP contribution in [0.1, 0.15) is 39.5 Å². The third-order valence-corrected chi connectivity index (χ3v) is 6.44. The number of amides is 1. The molecular formula is C22H29N3O3S2. The van der Waals surface area contributed by atoms with Crippen LogP contribution < -0.4 is 15.4 Å². The molecule has 1 saturated heterocycles. The molecule has 1 aromatic heterocycles. The first-order valence-corrected chi connectivity index (χ1v) is 11.8. The Morgan fingerprint density at radius 2 is 2.10 bits per heavy atom. The highest BCUT2D eigenvalue weighted by Crippen LogP contribution is 2.30. The van der Waals surface area contributed by atoms with Crippen molar-refractivity contribution >= 4 is 40.8 Å². The number of anilines is 1. The Morgan fingerprint density at radius 1 is 1.33 bits per heavy atom. The SMILES string of the molecule is CC(C)Oc1ccc(-c2cnc(NC(=O)C3CCC(=O)C(CS)CCCN3)s2)cc1. The second kappa shape index (κ2) is 10.9. The van der Waals surface area contributed by atoms with Crippen molar-refractivity contribution in [1.82, 2.24) is 10.3 Å². The van der Waals surface area contributed by atoms with E-state index < -0.39 is 6.04 Å². The van der Waals surface area contributed by atoms with Crippen molar-refractivity contribution in [3.63, 3.8) is 0 Å². The van der Waals surface area contributed by atoms with Gasteiger partial charge >= 0.3 is 0 Å². The minimum atomic E-state index is -0.396. The molecule has 3 rings (SSSR count). The molecule has 2 N–H and O–H groups in total. The summed E-state index contributed by atoms with van der Waals surface area (Å²) in [7, 11) is 0. The van der Waals surface area contributed by atoms with Crippen molar-refractivity contribution in [2.45, 2.75) is 51.7 Å². The number of thiol groups is 1. The van der Waals surface area contributed by atoms with Crippen LogP contribution in [0.4, 0.5) is 5.13 Å². The fourth-order valence-electron chi connectivity index (χ4n) is 3.42. The Labute approximate surface area is 187 Å². The van der Waals surface area contributed by atoms with Crippen LogP contribution in [-0.4, -0.2) is 41.1 Å². The summed E-state index contributed by atoms with van der Waals surface area (Å²) in [4.78, 5) is 30.4. The smallest absolute Gasteiger partial charge is 0.243 e. The van der Waals surface area contributed by atoms with Crippen LogP contribution >= 0.6 is 24.0 Å². The predicted molar refractivity (Wildman–Crippen MR) is 125 cm³/mol. The van der Waals surface area contributed by atoms with E-state index in [9.17, 15) is 9.59 Å². The van der Waals surface area contributed by atoms with Crippen LogP contribution in [0, 0.1) is 5.92 Å². The zero-order chi connectivity index (χ0) is 21.5. The van der Waals surface area contributed by atoms with E-state index in [0.717, 1.165) is 29.0 Å². The molecule has 0 saturated carbocycles. The third-order valence-electron chi connectivity index (χ3n) is 5.04. The van der Waals surface area contributed by atoms with Crippen molar-refractivity contribution in [1.29, 1.82) is 0 Å². The molecule has 1 aliphatic rings. The summed E-state index contributed by atoms with van der Waals surface area (Å²) >= 11 is 5.72. The maximum atomic E-state index is 12.7. The van der Waals surface area contributed by atoms with Crippen LogP contribution in [0.3, 0.4) is 0 Å². The molecule has 1 amide bonds. The number of aromatic nitrogens is 1. The lowest BCUT2D eigenvalue weighted by atomic mass is 9.96. The second-order valence-corrected chi connectivity index (χ2v) is 9.14. The Balaban J connectivity index is 1.60. The lowest BCUT2D eigenvalue weighted by Gasteiger charge is -2.16. The maximum absolute atomic E-state index is 12.7. The van der Waals surface area contributed by atoms with Crippen molar-refractivity contribution in [2.24, 2.45) is 5.92 Å². The zero-order valence-electron chi connectivity index (χ0n) is 17.4. The average molecular weight is 448 g/mol. The molecule has 162 valence electrons. The van der Waals surface area contributed by atoms with E-state index in [1.165, 1.54) is 11.3 Å². The van der Waals surface area contributed by atoms with Gasteiger partial charge in [0, 0.05) is 18.5 Å². The molecule has 8 heteroatoms. The lowest BCUT2D eigenvalue weighted by Crippen LogP contribution is -2.41. The number of ketones is 1.